The average Bonchev–Trinajstić information content (AvgIpc) is 3.51. The number of hydrogen-bond acceptors (Lipinski definition) is 7. The van der Waals surface area contributed by atoms with Crippen LogP contribution >= 0.6 is 22.7 Å². The van der Waals surface area contributed by atoms with E-state index >= 15 is 0 Å². The van der Waals surface area contributed by atoms with Crippen LogP contribution in [-0.4, -0.2) is 27.7 Å². The molecule has 4 rings (SSSR count). The first-order chi connectivity index (χ1) is 17.5. The van der Waals surface area contributed by atoms with Crippen LogP contribution in [0.1, 0.15) is 31.5 Å². The predicted octanol–water partition coefficient (Wildman–Crippen LogP) is 7.33. The SMILES string of the molecule is CCOC(=O)c1nc(-c2ccccc2)c(C(F)(F)F)s1.OCc1nc(-c2ccccc2)c(C(F)(F)F)s1. The number of halogens is 6. The van der Waals surface area contributed by atoms with Crippen LogP contribution in [0.3, 0.4) is 0 Å². The summed E-state index contributed by atoms with van der Waals surface area (Å²) in [5, 5.41) is 8.64. The van der Waals surface area contributed by atoms with E-state index in [9.17, 15) is 31.1 Å². The number of esters is 1. The van der Waals surface area contributed by atoms with Crippen molar-refractivity contribution >= 4 is 28.6 Å². The number of carbonyl (C=O) groups excluding carboxylic acids is 1. The Morgan fingerprint density at radius 1 is 0.811 bits per heavy atom. The normalized spacial score (nSPS) is 11.6. The van der Waals surface area contributed by atoms with E-state index in [1.165, 1.54) is 12.1 Å². The number of aliphatic hydroxyl groups is 1. The summed E-state index contributed by atoms with van der Waals surface area (Å²) in [6.45, 7) is 1.18. The van der Waals surface area contributed by atoms with Crippen molar-refractivity contribution in [3.63, 3.8) is 0 Å². The molecule has 2 heterocycles. The minimum atomic E-state index is -4.56. The third-order valence-electron chi connectivity index (χ3n) is 4.49. The summed E-state index contributed by atoms with van der Waals surface area (Å²) in [6.07, 6.45) is -9.01. The summed E-state index contributed by atoms with van der Waals surface area (Å²) in [7, 11) is 0. The van der Waals surface area contributed by atoms with Crippen molar-refractivity contribution in [1.82, 2.24) is 9.97 Å². The van der Waals surface area contributed by atoms with Crippen molar-refractivity contribution in [2.24, 2.45) is 0 Å². The summed E-state index contributed by atoms with van der Waals surface area (Å²) in [6, 6.07) is 16.1. The summed E-state index contributed by atoms with van der Waals surface area (Å²) in [4.78, 5) is 17.5. The molecule has 4 aromatic rings. The van der Waals surface area contributed by atoms with Crippen LogP contribution in [0.4, 0.5) is 26.3 Å². The zero-order chi connectivity index (χ0) is 27.2. The third kappa shape index (κ3) is 7.14. The second kappa shape index (κ2) is 11.8. The molecule has 5 nitrogen and oxygen atoms in total. The van der Waals surface area contributed by atoms with Crippen LogP contribution in [0, 0.1) is 0 Å². The Morgan fingerprint density at radius 3 is 1.70 bits per heavy atom. The summed E-state index contributed by atoms with van der Waals surface area (Å²) < 4.78 is 82.0. The lowest BCUT2D eigenvalue weighted by atomic mass is 10.1. The number of alkyl halides is 6. The fourth-order valence-electron chi connectivity index (χ4n) is 3.00. The van der Waals surface area contributed by atoms with Gasteiger partial charge in [-0.15, -0.1) is 22.7 Å². The minimum absolute atomic E-state index is 0.0659. The van der Waals surface area contributed by atoms with Crippen LogP contribution < -0.4 is 0 Å². The van der Waals surface area contributed by atoms with Gasteiger partial charge in [-0.1, -0.05) is 60.7 Å². The number of hydrogen-bond donors (Lipinski definition) is 1. The number of carbonyl (C=O) groups is 1. The highest BCUT2D eigenvalue weighted by Crippen LogP contribution is 2.42. The fourth-order valence-corrected chi connectivity index (χ4v) is 4.66. The molecule has 0 spiro atoms. The van der Waals surface area contributed by atoms with E-state index in [0.29, 0.717) is 33.8 Å². The maximum atomic E-state index is 13.0. The molecule has 0 aliphatic carbocycles. The molecule has 2 aromatic heterocycles. The van der Waals surface area contributed by atoms with E-state index in [1.54, 1.807) is 55.5 Å². The number of rotatable bonds is 5. The van der Waals surface area contributed by atoms with Gasteiger partial charge in [0.05, 0.1) is 24.6 Å². The van der Waals surface area contributed by atoms with Gasteiger partial charge in [-0.2, -0.15) is 26.3 Å². The second-order valence-corrected chi connectivity index (χ2v) is 9.17. The molecule has 13 heteroatoms. The van der Waals surface area contributed by atoms with Gasteiger partial charge in [-0.05, 0) is 6.92 Å². The number of aromatic nitrogens is 2. The summed E-state index contributed by atoms with van der Waals surface area (Å²) >= 11 is 0.774. The molecule has 0 aliphatic heterocycles. The molecular weight excluding hydrogens is 542 g/mol. The van der Waals surface area contributed by atoms with Gasteiger partial charge in [-0.25, -0.2) is 14.8 Å². The Balaban J connectivity index is 0.000000208. The number of benzene rings is 2. The van der Waals surface area contributed by atoms with Gasteiger partial charge in [0.25, 0.3) is 0 Å². The first kappa shape index (κ1) is 28.3. The molecule has 0 saturated heterocycles. The molecule has 0 atom stereocenters. The van der Waals surface area contributed by atoms with E-state index in [1.807, 2.05) is 0 Å². The Morgan fingerprint density at radius 2 is 1.27 bits per heavy atom. The number of aliphatic hydroxyl groups excluding tert-OH is 1. The summed E-state index contributed by atoms with van der Waals surface area (Å²) in [5.74, 6) is -0.842. The lowest BCUT2D eigenvalue weighted by molar-refractivity contribution is -0.134. The number of thiazole rings is 2. The monoisotopic (exact) mass is 560 g/mol. The Bertz CT molecular complexity index is 1320. The van der Waals surface area contributed by atoms with E-state index in [2.05, 4.69) is 14.7 Å². The Hall–Kier alpha value is -3.29. The number of nitrogens with zero attached hydrogens (tertiary/aromatic N) is 2. The smallest absolute Gasteiger partial charge is 0.427 e. The third-order valence-corrected chi connectivity index (χ3v) is 6.66. The van der Waals surface area contributed by atoms with E-state index in [-0.39, 0.29) is 28.0 Å². The van der Waals surface area contributed by atoms with Crippen LogP contribution in [0.15, 0.2) is 60.7 Å². The minimum Gasteiger partial charge on any atom is -0.461 e. The van der Waals surface area contributed by atoms with Crippen molar-refractivity contribution < 1.29 is 41.0 Å². The molecule has 196 valence electrons. The van der Waals surface area contributed by atoms with Crippen molar-refractivity contribution in [2.75, 3.05) is 6.61 Å². The highest BCUT2D eigenvalue weighted by molar-refractivity contribution is 7.14. The Kier molecular flexibility index (Phi) is 9.05. The van der Waals surface area contributed by atoms with Crippen LogP contribution in [-0.2, 0) is 23.7 Å². The standard InChI is InChI=1S/C13H10F3NO2S.C11H8F3NOS/c1-2-19-12(18)11-17-9(8-6-4-3-5-7-8)10(20-11)13(14,15)16;12-11(13,14)10-9(15-8(6-16)17-10)7-4-2-1-3-5-7/h3-7H,2H2,1H3;1-5,16H,6H2. The van der Waals surface area contributed by atoms with Gasteiger partial charge in [0, 0.05) is 11.1 Å². The average molecular weight is 561 g/mol. The molecular formula is C24H18F6N2O3S2. The van der Waals surface area contributed by atoms with Crippen molar-refractivity contribution in [3.8, 4) is 22.5 Å². The van der Waals surface area contributed by atoms with Gasteiger partial charge in [0.2, 0.25) is 5.01 Å². The quantitative estimate of drug-likeness (QED) is 0.205. The van der Waals surface area contributed by atoms with Crippen LogP contribution in [0.25, 0.3) is 22.5 Å². The van der Waals surface area contributed by atoms with E-state index in [4.69, 9.17) is 5.11 Å². The number of ether oxygens (including phenoxy) is 1. The highest BCUT2D eigenvalue weighted by atomic mass is 32.1. The van der Waals surface area contributed by atoms with Gasteiger partial charge in [0.15, 0.2) is 0 Å². The first-order valence-electron chi connectivity index (χ1n) is 10.5. The lowest BCUT2D eigenvalue weighted by Crippen LogP contribution is -2.03. The molecule has 0 amide bonds. The second-order valence-electron chi connectivity index (χ2n) is 7.09. The maximum absolute atomic E-state index is 13.0. The van der Waals surface area contributed by atoms with Crippen molar-refractivity contribution in [3.05, 3.63) is 80.4 Å². The Labute approximate surface area is 215 Å². The van der Waals surface area contributed by atoms with E-state index < -0.39 is 34.7 Å². The highest BCUT2D eigenvalue weighted by Gasteiger charge is 2.39. The molecule has 2 aromatic carbocycles. The fraction of sp³-hybridized carbons (Fsp3) is 0.208. The molecule has 0 unspecified atom stereocenters. The molecule has 0 fully saturated rings. The van der Waals surface area contributed by atoms with Gasteiger partial charge >= 0.3 is 18.3 Å². The zero-order valence-electron chi connectivity index (χ0n) is 18.9. The van der Waals surface area contributed by atoms with Gasteiger partial charge in [0.1, 0.15) is 14.8 Å². The van der Waals surface area contributed by atoms with Crippen LogP contribution in [0.5, 0.6) is 0 Å². The van der Waals surface area contributed by atoms with Gasteiger partial charge < -0.3 is 9.84 Å². The molecule has 0 bridgehead atoms. The predicted molar refractivity (Wildman–Crippen MR) is 127 cm³/mol. The lowest BCUT2D eigenvalue weighted by Gasteiger charge is -2.05. The first-order valence-corrected chi connectivity index (χ1v) is 12.1. The zero-order valence-corrected chi connectivity index (χ0v) is 20.6. The van der Waals surface area contributed by atoms with Gasteiger partial charge in [-0.3, -0.25) is 0 Å². The van der Waals surface area contributed by atoms with E-state index in [0.717, 1.165) is 0 Å². The molecule has 0 aliphatic rings. The largest absolute Gasteiger partial charge is 0.461 e. The summed E-state index contributed by atoms with van der Waals surface area (Å²) in [5.41, 5.74) is 0.348. The van der Waals surface area contributed by atoms with Crippen molar-refractivity contribution in [2.45, 2.75) is 25.9 Å². The molecule has 0 saturated carbocycles. The molecule has 1 N–H and O–H groups in total. The molecule has 0 radical (unpaired) electrons. The topological polar surface area (TPSA) is 72.3 Å². The van der Waals surface area contributed by atoms with Crippen molar-refractivity contribution in [1.29, 1.82) is 0 Å². The maximum Gasteiger partial charge on any atom is 0.427 e. The molecule has 37 heavy (non-hydrogen) atoms. The van der Waals surface area contributed by atoms with Crippen LogP contribution in [0.2, 0.25) is 0 Å².